The molecule has 0 unspecified atom stereocenters. The van der Waals surface area contributed by atoms with Crippen molar-refractivity contribution in [3.05, 3.63) is 57.0 Å². The average molecular weight is 275 g/mol. The molecule has 7 nitrogen and oxygen atoms in total. The van der Waals surface area contributed by atoms with E-state index >= 15 is 0 Å². The van der Waals surface area contributed by atoms with Gasteiger partial charge in [-0.25, -0.2) is 5.43 Å². The van der Waals surface area contributed by atoms with Gasteiger partial charge < -0.3 is 4.98 Å². The van der Waals surface area contributed by atoms with Crippen LogP contribution in [0.1, 0.15) is 15.9 Å². The first kappa shape index (κ1) is 12.8. The Morgan fingerprint density at radius 2 is 2.16 bits per heavy atom. The molecule has 0 atom stereocenters. The lowest BCUT2D eigenvalue weighted by Crippen LogP contribution is -2.19. The molecule has 2 heterocycles. The van der Waals surface area contributed by atoms with E-state index in [9.17, 15) is 9.59 Å². The summed E-state index contributed by atoms with van der Waals surface area (Å²) < 4.78 is 0.225. The van der Waals surface area contributed by atoms with E-state index in [1.807, 2.05) is 0 Å². The fourth-order valence-corrected chi connectivity index (χ4v) is 1.40. The van der Waals surface area contributed by atoms with Gasteiger partial charge in [-0.1, -0.05) is 0 Å². The number of hydrogen-bond acceptors (Lipinski definition) is 5. The van der Waals surface area contributed by atoms with Crippen molar-refractivity contribution in [2.75, 3.05) is 0 Å². The lowest BCUT2D eigenvalue weighted by Gasteiger charge is -1.98. The third-order valence-electron chi connectivity index (χ3n) is 2.16. The third kappa shape index (κ3) is 3.42. The molecule has 0 bridgehead atoms. The van der Waals surface area contributed by atoms with Crippen molar-refractivity contribution < 1.29 is 4.79 Å². The molecule has 0 aliphatic carbocycles. The smallest absolute Gasteiger partial charge is 0.271 e. The maximum Gasteiger partial charge on any atom is 0.271 e. The first-order chi connectivity index (χ1) is 9.16. The van der Waals surface area contributed by atoms with Crippen LogP contribution in [0.25, 0.3) is 0 Å². The topological polar surface area (TPSA) is 103 Å². The summed E-state index contributed by atoms with van der Waals surface area (Å²) in [5, 5.41) is 3.69. The molecule has 2 aromatic heterocycles. The Bertz CT molecular complexity index is 720. The number of carbonyl (C=O) groups is 1. The fourth-order valence-electron chi connectivity index (χ4n) is 1.24. The Morgan fingerprint density at radius 1 is 1.42 bits per heavy atom. The van der Waals surface area contributed by atoms with Crippen molar-refractivity contribution in [1.29, 1.82) is 0 Å². The van der Waals surface area contributed by atoms with E-state index in [1.54, 1.807) is 12.1 Å². The average Bonchev–Trinajstić information content (AvgIpc) is 2.42. The molecule has 0 aliphatic heterocycles. The van der Waals surface area contributed by atoms with Crippen molar-refractivity contribution in [2.24, 2.45) is 5.10 Å². The van der Waals surface area contributed by atoms with Gasteiger partial charge in [0.15, 0.2) is 4.77 Å². The number of amides is 1. The summed E-state index contributed by atoms with van der Waals surface area (Å²) in [4.78, 5) is 31.9. The minimum Gasteiger partial charge on any atom is -0.338 e. The highest BCUT2D eigenvalue weighted by Crippen LogP contribution is 1.95. The highest BCUT2D eigenvalue weighted by Gasteiger charge is 2.02. The van der Waals surface area contributed by atoms with Crippen molar-refractivity contribution in [2.45, 2.75) is 0 Å². The maximum atomic E-state index is 11.6. The lowest BCUT2D eigenvalue weighted by atomic mass is 10.3. The zero-order valence-electron chi connectivity index (χ0n) is 9.58. The highest BCUT2D eigenvalue weighted by atomic mass is 32.1. The van der Waals surface area contributed by atoms with Crippen LogP contribution in [0.5, 0.6) is 0 Å². The van der Waals surface area contributed by atoms with Gasteiger partial charge in [0.2, 0.25) is 0 Å². The van der Waals surface area contributed by atoms with Crippen molar-refractivity contribution >= 4 is 24.3 Å². The van der Waals surface area contributed by atoms with Crippen LogP contribution in [0, 0.1) is 4.77 Å². The van der Waals surface area contributed by atoms with E-state index in [1.165, 1.54) is 24.8 Å². The van der Waals surface area contributed by atoms with E-state index in [0.29, 0.717) is 5.56 Å². The Balaban J connectivity index is 2.06. The van der Waals surface area contributed by atoms with Crippen LogP contribution in [0.4, 0.5) is 0 Å². The number of aromatic amines is 2. The molecule has 3 N–H and O–H groups in total. The van der Waals surface area contributed by atoms with E-state index < -0.39 is 0 Å². The Hall–Kier alpha value is -2.61. The number of pyridine rings is 1. The first-order valence-corrected chi connectivity index (χ1v) is 5.63. The molecule has 0 fully saturated rings. The minimum atomic E-state index is -0.390. The van der Waals surface area contributed by atoms with Gasteiger partial charge in [-0.3, -0.25) is 19.6 Å². The summed E-state index contributed by atoms with van der Waals surface area (Å²) >= 11 is 4.75. The number of nitrogens with zero attached hydrogens (tertiary/aromatic N) is 2. The molecule has 0 radical (unpaired) electrons. The Labute approximate surface area is 112 Å². The second-order valence-corrected chi connectivity index (χ2v) is 3.87. The number of aromatic nitrogens is 3. The molecule has 19 heavy (non-hydrogen) atoms. The predicted octanol–water partition coefficient (Wildman–Crippen LogP) is 0.591. The Kier molecular flexibility index (Phi) is 3.94. The van der Waals surface area contributed by atoms with Crippen molar-refractivity contribution in [1.82, 2.24) is 20.4 Å². The molecule has 2 rings (SSSR count). The molecule has 2 aromatic rings. The molecule has 8 heteroatoms. The van der Waals surface area contributed by atoms with E-state index in [4.69, 9.17) is 12.2 Å². The maximum absolute atomic E-state index is 11.6. The summed E-state index contributed by atoms with van der Waals surface area (Å²) in [6, 6.07) is 3.11. The van der Waals surface area contributed by atoms with Gasteiger partial charge in [-0.2, -0.15) is 5.10 Å². The molecular formula is C11H9N5O2S. The van der Waals surface area contributed by atoms with Crippen LogP contribution in [-0.2, 0) is 0 Å². The van der Waals surface area contributed by atoms with E-state index in [0.717, 1.165) is 0 Å². The van der Waals surface area contributed by atoms with Crippen LogP contribution < -0.4 is 11.0 Å². The molecule has 1 amide bonds. The van der Waals surface area contributed by atoms with Gasteiger partial charge in [0.25, 0.3) is 11.5 Å². The number of hydrogen-bond donors (Lipinski definition) is 3. The number of nitrogens with one attached hydrogen (secondary N) is 3. The number of hydrazone groups is 1. The van der Waals surface area contributed by atoms with E-state index in [-0.39, 0.29) is 21.8 Å². The summed E-state index contributed by atoms with van der Waals surface area (Å²) in [6.45, 7) is 0. The zero-order valence-corrected chi connectivity index (χ0v) is 10.4. The summed E-state index contributed by atoms with van der Waals surface area (Å²) in [5.74, 6) is -0.390. The lowest BCUT2D eigenvalue weighted by molar-refractivity contribution is 0.0955. The SMILES string of the molecule is O=C(N/N=C/c1c[nH]c(=S)[nH]c1=O)c1ccncc1. The van der Waals surface area contributed by atoms with Crippen molar-refractivity contribution in [3.63, 3.8) is 0 Å². The van der Waals surface area contributed by atoms with Gasteiger partial charge in [0, 0.05) is 24.2 Å². The number of H-pyrrole nitrogens is 2. The highest BCUT2D eigenvalue weighted by molar-refractivity contribution is 7.71. The predicted molar refractivity (Wildman–Crippen MR) is 71.5 cm³/mol. The summed E-state index contributed by atoms with van der Waals surface area (Å²) in [6.07, 6.45) is 5.63. The van der Waals surface area contributed by atoms with Crippen LogP contribution in [0.2, 0.25) is 0 Å². The molecule has 0 aliphatic rings. The number of carbonyl (C=O) groups excluding carboxylic acids is 1. The molecule has 0 aromatic carbocycles. The van der Waals surface area contributed by atoms with Crippen molar-refractivity contribution in [3.8, 4) is 0 Å². The van der Waals surface area contributed by atoms with Crippen LogP contribution >= 0.6 is 12.2 Å². The molecule has 0 saturated carbocycles. The third-order valence-corrected chi connectivity index (χ3v) is 2.38. The Morgan fingerprint density at radius 3 is 2.84 bits per heavy atom. The largest absolute Gasteiger partial charge is 0.338 e. The van der Waals surface area contributed by atoms with Crippen LogP contribution in [-0.4, -0.2) is 27.1 Å². The van der Waals surface area contributed by atoms with Gasteiger partial charge in [0.05, 0.1) is 11.8 Å². The molecule has 96 valence electrons. The standard InChI is InChI=1S/C11H9N5O2S/c17-9-8(5-13-11(19)15-9)6-14-16-10(18)7-1-3-12-4-2-7/h1-6H,(H,16,18)(H2,13,15,17,19)/b14-6+. The van der Waals surface area contributed by atoms with Crippen LogP contribution in [0.15, 0.2) is 40.6 Å². The van der Waals surface area contributed by atoms with Gasteiger partial charge >= 0.3 is 0 Å². The number of rotatable bonds is 3. The van der Waals surface area contributed by atoms with Gasteiger partial charge in [0.1, 0.15) is 0 Å². The second-order valence-electron chi connectivity index (χ2n) is 3.46. The van der Waals surface area contributed by atoms with Gasteiger partial charge in [-0.05, 0) is 24.4 Å². The quantitative estimate of drug-likeness (QED) is 0.433. The first-order valence-electron chi connectivity index (χ1n) is 5.22. The fraction of sp³-hybridized carbons (Fsp3) is 0. The molecular weight excluding hydrogens is 266 g/mol. The van der Waals surface area contributed by atoms with E-state index in [2.05, 4.69) is 25.5 Å². The summed E-state index contributed by atoms with van der Waals surface area (Å²) in [5.41, 5.74) is 2.59. The summed E-state index contributed by atoms with van der Waals surface area (Å²) in [7, 11) is 0. The monoisotopic (exact) mass is 275 g/mol. The normalized spacial score (nSPS) is 10.5. The molecule has 0 saturated heterocycles. The van der Waals surface area contributed by atoms with Gasteiger partial charge in [-0.15, -0.1) is 0 Å². The zero-order chi connectivity index (χ0) is 13.7. The second kappa shape index (κ2) is 5.83. The molecule has 0 spiro atoms. The van der Waals surface area contributed by atoms with Crippen LogP contribution in [0.3, 0.4) is 0 Å². The minimum absolute atomic E-state index is 0.225.